The Labute approximate surface area is 96.8 Å². The van der Waals surface area contributed by atoms with E-state index in [1.165, 1.54) is 18.4 Å². The molecule has 0 aromatic carbocycles. The Morgan fingerprint density at radius 1 is 1.69 bits per heavy atom. The van der Waals surface area contributed by atoms with E-state index in [9.17, 15) is 0 Å². The summed E-state index contributed by atoms with van der Waals surface area (Å²) in [4.78, 5) is 0. The molecule has 1 fully saturated rings. The Morgan fingerprint density at radius 3 is 3.06 bits per heavy atom. The first-order valence-electron chi connectivity index (χ1n) is 6.04. The molecular formula is C12H21N3O. The Morgan fingerprint density at radius 2 is 2.50 bits per heavy atom. The van der Waals surface area contributed by atoms with E-state index < -0.39 is 0 Å². The van der Waals surface area contributed by atoms with E-state index >= 15 is 0 Å². The summed E-state index contributed by atoms with van der Waals surface area (Å²) >= 11 is 0. The molecule has 2 N–H and O–H groups in total. The van der Waals surface area contributed by atoms with Crippen LogP contribution in [0.1, 0.15) is 43.0 Å². The highest BCUT2D eigenvalue weighted by atomic mass is 16.5. The predicted molar refractivity (Wildman–Crippen MR) is 63.1 cm³/mol. The molecule has 0 aliphatic carbocycles. The summed E-state index contributed by atoms with van der Waals surface area (Å²) in [5, 5.41) is 4.32. The van der Waals surface area contributed by atoms with E-state index in [2.05, 4.69) is 5.10 Å². The van der Waals surface area contributed by atoms with Crippen molar-refractivity contribution in [3.8, 4) is 0 Å². The van der Waals surface area contributed by atoms with E-state index in [1.807, 2.05) is 24.9 Å². The maximum Gasteiger partial charge on any atom is 0.0641 e. The molecule has 1 aromatic rings. The highest BCUT2D eigenvalue weighted by Gasteiger charge is 2.18. The van der Waals surface area contributed by atoms with Crippen molar-refractivity contribution >= 4 is 0 Å². The molecule has 0 saturated carbocycles. The van der Waals surface area contributed by atoms with Gasteiger partial charge in [0.25, 0.3) is 0 Å². The van der Waals surface area contributed by atoms with Crippen molar-refractivity contribution in [1.82, 2.24) is 9.78 Å². The van der Waals surface area contributed by atoms with Gasteiger partial charge in [-0.3, -0.25) is 4.68 Å². The number of rotatable bonds is 4. The molecule has 4 nitrogen and oxygen atoms in total. The smallest absolute Gasteiger partial charge is 0.0641 e. The van der Waals surface area contributed by atoms with Crippen molar-refractivity contribution in [3.63, 3.8) is 0 Å². The Balaban J connectivity index is 1.87. The Hall–Kier alpha value is -0.870. The summed E-state index contributed by atoms with van der Waals surface area (Å²) in [5.74, 6) is 0. The van der Waals surface area contributed by atoms with Crippen molar-refractivity contribution in [2.75, 3.05) is 6.61 Å². The number of hydrogen-bond acceptors (Lipinski definition) is 3. The normalized spacial score (nSPS) is 22.6. The topological polar surface area (TPSA) is 53.1 Å². The van der Waals surface area contributed by atoms with E-state index in [0.717, 1.165) is 25.1 Å². The molecule has 2 rings (SSSR count). The summed E-state index contributed by atoms with van der Waals surface area (Å²) in [6, 6.07) is 0.0953. The number of hydrogen-bond donors (Lipinski definition) is 1. The van der Waals surface area contributed by atoms with Crippen LogP contribution in [0.2, 0.25) is 0 Å². The van der Waals surface area contributed by atoms with Gasteiger partial charge in [0.05, 0.1) is 11.8 Å². The van der Waals surface area contributed by atoms with Crippen LogP contribution in [0, 0.1) is 6.92 Å². The van der Waals surface area contributed by atoms with Gasteiger partial charge >= 0.3 is 0 Å². The molecule has 2 heterocycles. The molecule has 2 unspecified atom stereocenters. The van der Waals surface area contributed by atoms with Crippen LogP contribution in [0.3, 0.4) is 0 Å². The number of nitrogens with two attached hydrogens (primary N) is 1. The fraction of sp³-hybridized carbons (Fsp3) is 0.750. The van der Waals surface area contributed by atoms with Crippen molar-refractivity contribution in [2.45, 2.75) is 44.8 Å². The van der Waals surface area contributed by atoms with E-state index in [4.69, 9.17) is 10.5 Å². The van der Waals surface area contributed by atoms with Gasteiger partial charge in [-0.2, -0.15) is 5.10 Å². The largest absolute Gasteiger partial charge is 0.378 e. The molecular weight excluding hydrogens is 202 g/mol. The summed E-state index contributed by atoms with van der Waals surface area (Å²) in [6.07, 6.45) is 6.90. The molecule has 16 heavy (non-hydrogen) atoms. The predicted octanol–water partition coefficient (Wildman–Crippen LogP) is 1.69. The van der Waals surface area contributed by atoms with Gasteiger partial charge in [-0.05, 0) is 32.6 Å². The molecule has 1 saturated heterocycles. The minimum atomic E-state index is 0.0953. The third-order valence-corrected chi connectivity index (χ3v) is 3.27. The van der Waals surface area contributed by atoms with Crippen LogP contribution in [0.15, 0.2) is 6.20 Å². The molecule has 0 spiro atoms. The van der Waals surface area contributed by atoms with Crippen LogP contribution in [-0.4, -0.2) is 22.5 Å². The first-order valence-corrected chi connectivity index (χ1v) is 6.04. The van der Waals surface area contributed by atoms with Crippen LogP contribution < -0.4 is 5.73 Å². The van der Waals surface area contributed by atoms with Crippen LogP contribution in [0.5, 0.6) is 0 Å². The second kappa shape index (κ2) is 4.97. The lowest BCUT2D eigenvalue weighted by Gasteiger charge is -2.14. The summed E-state index contributed by atoms with van der Waals surface area (Å²) < 4.78 is 7.43. The molecule has 1 aromatic heterocycles. The molecule has 0 bridgehead atoms. The van der Waals surface area contributed by atoms with Gasteiger partial charge in [0.2, 0.25) is 0 Å². The monoisotopic (exact) mass is 223 g/mol. The van der Waals surface area contributed by atoms with Crippen molar-refractivity contribution < 1.29 is 4.74 Å². The summed E-state index contributed by atoms with van der Waals surface area (Å²) in [5.41, 5.74) is 8.39. The highest BCUT2D eigenvalue weighted by molar-refractivity contribution is 5.19. The van der Waals surface area contributed by atoms with Crippen LogP contribution in [0.4, 0.5) is 0 Å². The number of nitrogens with zero attached hydrogens (tertiary/aromatic N) is 2. The molecule has 2 atom stereocenters. The standard InChI is InChI=1S/C12H21N3O/c1-9-11(8-15(2)14-9)12(13)6-5-10-4-3-7-16-10/h8,10,12H,3-7,13H2,1-2H3. The zero-order valence-electron chi connectivity index (χ0n) is 10.1. The third kappa shape index (κ3) is 2.62. The lowest BCUT2D eigenvalue weighted by molar-refractivity contribution is 0.101. The SMILES string of the molecule is Cc1nn(C)cc1C(N)CCC1CCCO1. The van der Waals surface area contributed by atoms with Gasteiger partial charge in [-0.15, -0.1) is 0 Å². The second-order valence-electron chi connectivity index (χ2n) is 4.66. The average molecular weight is 223 g/mol. The van der Waals surface area contributed by atoms with Gasteiger partial charge in [0.15, 0.2) is 0 Å². The number of aryl methyl sites for hydroxylation is 2. The quantitative estimate of drug-likeness (QED) is 0.845. The second-order valence-corrected chi connectivity index (χ2v) is 4.66. The maximum absolute atomic E-state index is 6.18. The molecule has 1 aliphatic rings. The summed E-state index contributed by atoms with van der Waals surface area (Å²) in [7, 11) is 1.93. The Bertz CT molecular complexity index is 342. The van der Waals surface area contributed by atoms with Gasteiger partial charge in [-0.1, -0.05) is 0 Å². The molecule has 1 aliphatic heterocycles. The van der Waals surface area contributed by atoms with Gasteiger partial charge in [-0.25, -0.2) is 0 Å². The van der Waals surface area contributed by atoms with Gasteiger partial charge < -0.3 is 10.5 Å². The highest BCUT2D eigenvalue weighted by Crippen LogP contribution is 2.23. The fourth-order valence-electron chi connectivity index (χ4n) is 2.37. The Kier molecular flexibility index (Phi) is 3.61. The van der Waals surface area contributed by atoms with E-state index in [0.29, 0.717) is 6.10 Å². The van der Waals surface area contributed by atoms with E-state index in [1.54, 1.807) is 0 Å². The minimum Gasteiger partial charge on any atom is -0.378 e. The van der Waals surface area contributed by atoms with Crippen LogP contribution in [-0.2, 0) is 11.8 Å². The zero-order valence-corrected chi connectivity index (χ0v) is 10.1. The lowest BCUT2D eigenvalue weighted by atomic mass is 10.0. The number of ether oxygens (including phenoxy) is 1. The average Bonchev–Trinajstić information content (AvgIpc) is 2.84. The van der Waals surface area contributed by atoms with E-state index in [-0.39, 0.29) is 6.04 Å². The van der Waals surface area contributed by atoms with Crippen LogP contribution in [0.25, 0.3) is 0 Å². The molecule has 0 radical (unpaired) electrons. The fourth-order valence-corrected chi connectivity index (χ4v) is 2.37. The third-order valence-electron chi connectivity index (χ3n) is 3.27. The van der Waals surface area contributed by atoms with Crippen molar-refractivity contribution in [1.29, 1.82) is 0 Å². The minimum absolute atomic E-state index is 0.0953. The molecule has 0 amide bonds. The summed E-state index contributed by atoms with van der Waals surface area (Å²) in [6.45, 7) is 2.94. The first kappa shape index (κ1) is 11.6. The first-order chi connectivity index (χ1) is 7.66. The van der Waals surface area contributed by atoms with Gasteiger partial charge in [0.1, 0.15) is 0 Å². The van der Waals surface area contributed by atoms with Crippen molar-refractivity contribution in [3.05, 3.63) is 17.5 Å². The molecule has 90 valence electrons. The maximum atomic E-state index is 6.18. The molecule has 4 heteroatoms. The van der Waals surface area contributed by atoms with Gasteiger partial charge in [0, 0.05) is 31.5 Å². The lowest BCUT2D eigenvalue weighted by Crippen LogP contribution is -2.14. The number of aromatic nitrogens is 2. The van der Waals surface area contributed by atoms with Crippen molar-refractivity contribution in [2.24, 2.45) is 12.8 Å². The van der Waals surface area contributed by atoms with Crippen LogP contribution >= 0.6 is 0 Å². The zero-order chi connectivity index (χ0) is 11.5.